The molecule has 0 aliphatic carbocycles. The maximum atomic E-state index is 12.9. The van der Waals surface area contributed by atoms with Crippen LogP contribution in [0, 0.1) is 17.0 Å². The third kappa shape index (κ3) is 4.26. The number of ether oxygens (including phenoxy) is 1. The zero-order chi connectivity index (χ0) is 21.0. The van der Waals surface area contributed by atoms with Crippen LogP contribution in [0.3, 0.4) is 0 Å². The summed E-state index contributed by atoms with van der Waals surface area (Å²) in [5, 5.41) is 21.3. The van der Waals surface area contributed by atoms with Gasteiger partial charge in [-0.25, -0.2) is 4.79 Å². The first-order chi connectivity index (χ1) is 13.9. The van der Waals surface area contributed by atoms with Crippen LogP contribution in [0.2, 0.25) is 0 Å². The quantitative estimate of drug-likeness (QED) is 0.276. The van der Waals surface area contributed by atoms with Gasteiger partial charge in [0.2, 0.25) is 5.89 Å². The minimum Gasteiger partial charge on any atom is -0.452 e. The fourth-order valence-corrected chi connectivity index (χ4v) is 2.65. The molecule has 0 fully saturated rings. The summed E-state index contributed by atoms with van der Waals surface area (Å²) in [5.74, 6) is -0.848. The van der Waals surface area contributed by atoms with E-state index in [1.54, 1.807) is 26.1 Å². The molecule has 10 heteroatoms. The standard InChI is InChI=1S/C19H16N4O6/c1-11-21-22-17(29-11)10-28-19(25)14-6-4-3-5-13(14)18(24)12-7-8-15(20-2)16(9-12)23(26)27/h3-9,20H,10H2,1-2H3. The molecule has 0 aliphatic heterocycles. The number of nitro groups is 1. The highest BCUT2D eigenvalue weighted by atomic mass is 16.6. The van der Waals surface area contributed by atoms with Crippen molar-refractivity contribution in [1.29, 1.82) is 0 Å². The summed E-state index contributed by atoms with van der Waals surface area (Å²) in [5.41, 5.74) is 0.183. The van der Waals surface area contributed by atoms with Crippen LogP contribution < -0.4 is 5.32 Å². The molecule has 0 spiro atoms. The first kappa shape index (κ1) is 19.7. The second-order valence-corrected chi connectivity index (χ2v) is 5.90. The topological polar surface area (TPSA) is 137 Å². The maximum absolute atomic E-state index is 12.9. The third-order valence-electron chi connectivity index (χ3n) is 4.01. The molecule has 1 N–H and O–H groups in total. The average molecular weight is 396 g/mol. The van der Waals surface area contributed by atoms with Gasteiger partial charge in [-0.3, -0.25) is 14.9 Å². The van der Waals surface area contributed by atoms with Crippen LogP contribution in [-0.4, -0.2) is 33.9 Å². The molecule has 0 bridgehead atoms. The summed E-state index contributed by atoms with van der Waals surface area (Å²) < 4.78 is 10.3. The van der Waals surface area contributed by atoms with Crippen molar-refractivity contribution < 1.29 is 23.7 Å². The van der Waals surface area contributed by atoms with E-state index in [4.69, 9.17) is 9.15 Å². The lowest BCUT2D eigenvalue weighted by atomic mass is 9.97. The Kier molecular flexibility index (Phi) is 5.63. The second-order valence-electron chi connectivity index (χ2n) is 5.90. The van der Waals surface area contributed by atoms with Gasteiger partial charge in [0, 0.05) is 31.2 Å². The zero-order valence-electron chi connectivity index (χ0n) is 15.5. The fraction of sp³-hybridized carbons (Fsp3) is 0.158. The fourth-order valence-electron chi connectivity index (χ4n) is 2.65. The smallest absolute Gasteiger partial charge is 0.339 e. The van der Waals surface area contributed by atoms with Crippen molar-refractivity contribution in [3.05, 3.63) is 81.1 Å². The first-order valence-corrected chi connectivity index (χ1v) is 8.46. The summed E-state index contributed by atoms with van der Waals surface area (Å²) in [6, 6.07) is 10.1. The van der Waals surface area contributed by atoms with Gasteiger partial charge in [-0.15, -0.1) is 10.2 Å². The predicted octanol–water partition coefficient (Wildman–Crippen LogP) is 2.92. The van der Waals surface area contributed by atoms with Crippen molar-refractivity contribution in [2.24, 2.45) is 0 Å². The van der Waals surface area contributed by atoms with Gasteiger partial charge in [0.15, 0.2) is 12.4 Å². The molecule has 0 saturated heterocycles. The van der Waals surface area contributed by atoms with E-state index in [2.05, 4.69) is 15.5 Å². The molecule has 3 rings (SSSR count). The van der Waals surface area contributed by atoms with E-state index in [-0.39, 0.29) is 40.6 Å². The lowest BCUT2D eigenvalue weighted by molar-refractivity contribution is -0.384. The van der Waals surface area contributed by atoms with Gasteiger partial charge in [-0.1, -0.05) is 18.2 Å². The van der Waals surface area contributed by atoms with E-state index in [1.807, 2.05) is 0 Å². The number of carbonyl (C=O) groups is 2. The normalized spacial score (nSPS) is 10.4. The van der Waals surface area contributed by atoms with Crippen molar-refractivity contribution in [2.75, 3.05) is 12.4 Å². The highest BCUT2D eigenvalue weighted by molar-refractivity contribution is 6.14. The van der Waals surface area contributed by atoms with E-state index in [1.165, 1.54) is 24.3 Å². The number of aryl methyl sites for hydroxylation is 1. The number of hydrogen-bond acceptors (Lipinski definition) is 9. The van der Waals surface area contributed by atoms with Gasteiger partial charge in [-0.05, 0) is 18.2 Å². The van der Waals surface area contributed by atoms with Crippen molar-refractivity contribution >= 4 is 23.1 Å². The minimum atomic E-state index is -0.758. The lowest BCUT2D eigenvalue weighted by Crippen LogP contribution is -2.13. The number of nitrogens with zero attached hydrogens (tertiary/aromatic N) is 3. The number of esters is 1. The Balaban J connectivity index is 1.88. The number of nitrogens with one attached hydrogen (secondary N) is 1. The van der Waals surface area contributed by atoms with Crippen LogP contribution >= 0.6 is 0 Å². The molecule has 29 heavy (non-hydrogen) atoms. The third-order valence-corrected chi connectivity index (χ3v) is 4.01. The predicted molar refractivity (Wildman–Crippen MR) is 101 cm³/mol. The molecule has 1 heterocycles. The molecule has 0 amide bonds. The Bertz CT molecular complexity index is 1090. The van der Waals surface area contributed by atoms with Gasteiger partial charge >= 0.3 is 5.97 Å². The Morgan fingerprint density at radius 2 is 1.90 bits per heavy atom. The van der Waals surface area contributed by atoms with Crippen LogP contribution in [0.4, 0.5) is 11.4 Å². The van der Waals surface area contributed by atoms with Gasteiger partial charge in [0.05, 0.1) is 10.5 Å². The second kappa shape index (κ2) is 8.30. The number of carbonyl (C=O) groups excluding carboxylic acids is 2. The van der Waals surface area contributed by atoms with Gasteiger partial charge in [-0.2, -0.15) is 0 Å². The van der Waals surface area contributed by atoms with Crippen LogP contribution in [0.1, 0.15) is 38.1 Å². The van der Waals surface area contributed by atoms with E-state index in [9.17, 15) is 19.7 Å². The zero-order valence-corrected chi connectivity index (χ0v) is 15.5. The summed E-state index contributed by atoms with van der Waals surface area (Å²) in [6.07, 6.45) is 0. The average Bonchev–Trinajstić information content (AvgIpc) is 3.16. The number of ketones is 1. The summed E-state index contributed by atoms with van der Waals surface area (Å²) in [6.45, 7) is 1.36. The van der Waals surface area contributed by atoms with Crippen LogP contribution in [0.15, 0.2) is 46.9 Å². The highest BCUT2D eigenvalue weighted by Gasteiger charge is 2.22. The largest absolute Gasteiger partial charge is 0.452 e. The molecule has 0 radical (unpaired) electrons. The number of benzene rings is 2. The molecular weight excluding hydrogens is 380 g/mol. The molecule has 0 saturated carbocycles. The van der Waals surface area contributed by atoms with Crippen LogP contribution in [0.5, 0.6) is 0 Å². The molecule has 0 atom stereocenters. The van der Waals surface area contributed by atoms with E-state index in [0.29, 0.717) is 5.89 Å². The van der Waals surface area contributed by atoms with E-state index < -0.39 is 16.7 Å². The van der Waals surface area contributed by atoms with E-state index >= 15 is 0 Å². The van der Waals surface area contributed by atoms with Crippen LogP contribution in [0.25, 0.3) is 0 Å². The maximum Gasteiger partial charge on any atom is 0.339 e. The molecule has 148 valence electrons. The molecule has 2 aromatic carbocycles. The Hall–Kier alpha value is -4.08. The van der Waals surface area contributed by atoms with Gasteiger partial charge < -0.3 is 14.5 Å². The summed E-state index contributed by atoms with van der Waals surface area (Å²) in [7, 11) is 1.54. The Morgan fingerprint density at radius 1 is 1.17 bits per heavy atom. The van der Waals surface area contributed by atoms with Gasteiger partial charge in [0.25, 0.3) is 11.6 Å². The lowest BCUT2D eigenvalue weighted by Gasteiger charge is -2.09. The van der Waals surface area contributed by atoms with Crippen molar-refractivity contribution in [3.8, 4) is 0 Å². The molecule has 0 unspecified atom stereocenters. The summed E-state index contributed by atoms with van der Waals surface area (Å²) in [4.78, 5) is 36.1. The SMILES string of the molecule is CNc1ccc(C(=O)c2ccccc2C(=O)OCc2nnc(C)o2)cc1[N+](=O)[O-]. The van der Waals surface area contributed by atoms with E-state index in [0.717, 1.165) is 6.07 Å². The number of anilines is 1. The van der Waals surface area contributed by atoms with Crippen molar-refractivity contribution in [1.82, 2.24) is 10.2 Å². The number of hydrogen-bond donors (Lipinski definition) is 1. The molecule has 1 aromatic heterocycles. The van der Waals surface area contributed by atoms with Gasteiger partial charge in [0.1, 0.15) is 5.69 Å². The Morgan fingerprint density at radius 3 is 2.52 bits per heavy atom. The number of rotatable bonds is 7. The monoisotopic (exact) mass is 396 g/mol. The summed E-state index contributed by atoms with van der Waals surface area (Å²) >= 11 is 0. The van der Waals surface area contributed by atoms with Crippen molar-refractivity contribution in [2.45, 2.75) is 13.5 Å². The minimum absolute atomic E-state index is 0.0223. The molecule has 3 aromatic rings. The highest BCUT2D eigenvalue weighted by Crippen LogP contribution is 2.27. The molecule has 0 aliphatic rings. The van der Waals surface area contributed by atoms with Crippen molar-refractivity contribution in [3.63, 3.8) is 0 Å². The Labute approximate surface area is 164 Å². The first-order valence-electron chi connectivity index (χ1n) is 8.46. The molecular formula is C19H16N4O6. The molecule has 10 nitrogen and oxygen atoms in total. The number of nitro benzene ring substituents is 1. The van der Waals surface area contributed by atoms with Crippen LogP contribution in [-0.2, 0) is 11.3 Å². The number of aromatic nitrogens is 2.